The second-order valence-electron chi connectivity index (χ2n) is 6.45. The molecule has 0 unspecified atom stereocenters. The van der Waals surface area contributed by atoms with E-state index in [1.165, 1.54) is 11.6 Å². The normalized spacial score (nSPS) is 10.5. The maximum atomic E-state index is 13.7. The SMILES string of the molecule is Cc1ccc(NC(=O)c2cc(NCCc3ccccc3F)ccn2)cc1C. The van der Waals surface area contributed by atoms with E-state index >= 15 is 0 Å². The Labute approximate surface area is 158 Å². The Hall–Kier alpha value is -3.21. The number of rotatable bonds is 6. The summed E-state index contributed by atoms with van der Waals surface area (Å²) >= 11 is 0. The van der Waals surface area contributed by atoms with Crippen LogP contribution in [0, 0.1) is 19.7 Å². The van der Waals surface area contributed by atoms with Gasteiger partial charge in [0, 0.05) is 24.1 Å². The van der Waals surface area contributed by atoms with Gasteiger partial charge in [0.2, 0.25) is 0 Å². The minimum absolute atomic E-state index is 0.206. The molecule has 1 amide bonds. The molecule has 0 aliphatic heterocycles. The molecule has 0 spiro atoms. The molecule has 0 saturated carbocycles. The van der Waals surface area contributed by atoms with E-state index in [4.69, 9.17) is 0 Å². The highest BCUT2D eigenvalue weighted by molar-refractivity contribution is 6.03. The van der Waals surface area contributed by atoms with E-state index in [1.54, 1.807) is 30.5 Å². The van der Waals surface area contributed by atoms with Gasteiger partial charge in [0.05, 0.1) is 0 Å². The highest BCUT2D eigenvalue weighted by Crippen LogP contribution is 2.16. The monoisotopic (exact) mass is 363 g/mol. The van der Waals surface area contributed by atoms with Crippen molar-refractivity contribution in [2.75, 3.05) is 17.2 Å². The average Bonchev–Trinajstić information content (AvgIpc) is 2.66. The van der Waals surface area contributed by atoms with Gasteiger partial charge in [0.15, 0.2) is 0 Å². The predicted molar refractivity (Wildman–Crippen MR) is 107 cm³/mol. The molecule has 138 valence electrons. The molecule has 4 nitrogen and oxygen atoms in total. The number of carbonyl (C=O) groups excluding carboxylic acids is 1. The van der Waals surface area contributed by atoms with Crippen LogP contribution in [0.1, 0.15) is 27.2 Å². The Morgan fingerprint density at radius 2 is 1.81 bits per heavy atom. The Kier molecular flexibility index (Phi) is 5.81. The van der Waals surface area contributed by atoms with Crippen LogP contribution in [0.3, 0.4) is 0 Å². The Bertz CT molecular complexity index is 956. The van der Waals surface area contributed by atoms with Crippen LogP contribution < -0.4 is 10.6 Å². The van der Waals surface area contributed by atoms with Gasteiger partial charge in [-0.05, 0) is 67.3 Å². The zero-order chi connectivity index (χ0) is 19.2. The van der Waals surface area contributed by atoms with Crippen molar-refractivity contribution in [3.05, 3.63) is 89.0 Å². The van der Waals surface area contributed by atoms with Crippen LogP contribution in [0.5, 0.6) is 0 Å². The minimum Gasteiger partial charge on any atom is -0.385 e. The van der Waals surface area contributed by atoms with Crippen LogP contribution in [0.15, 0.2) is 60.8 Å². The number of aryl methyl sites for hydroxylation is 2. The van der Waals surface area contributed by atoms with Gasteiger partial charge in [-0.25, -0.2) is 4.39 Å². The van der Waals surface area contributed by atoms with Crippen LogP contribution in [-0.2, 0) is 6.42 Å². The zero-order valence-electron chi connectivity index (χ0n) is 15.4. The molecule has 0 saturated heterocycles. The maximum Gasteiger partial charge on any atom is 0.274 e. The first-order valence-electron chi connectivity index (χ1n) is 8.85. The topological polar surface area (TPSA) is 54.0 Å². The molecule has 27 heavy (non-hydrogen) atoms. The molecule has 3 rings (SSSR count). The number of hydrogen-bond acceptors (Lipinski definition) is 3. The van der Waals surface area contributed by atoms with Crippen LogP contribution >= 0.6 is 0 Å². The third-order valence-corrected chi connectivity index (χ3v) is 4.44. The number of carbonyl (C=O) groups is 1. The first kappa shape index (κ1) is 18.6. The highest BCUT2D eigenvalue weighted by atomic mass is 19.1. The fourth-order valence-electron chi connectivity index (χ4n) is 2.72. The van der Waals surface area contributed by atoms with Crippen molar-refractivity contribution < 1.29 is 9.18 Å². The number of amides is 1. The summed E-state index contributed by atoms with van der Waals surface area (Å²) in [6.45, 7) is 4.59. The first-order chi connectivity index (χ1) is 13.0. The minimum atomic E-state index is -0.268. The summed E-state index contributed by atoms with van der Waals surface area (Å²) < 4.78 is 13.7. The third kappa shape index (κ3) is 4.91. The standard InChI is InChI=1S/C22H22FN3O/c1-15-7-8-19(13-16(15)2)26-22(27)21-14-18(10-12-25-21)24-11-9-17-5-3-4-6-20(17)23/h3-8,10,12-14H,9,11H2,1-2H3,(H,24,25)(H,26,27). The van der Waals surface area contributed by atoms with E-state index in [0.29, 0.717) is 24.2 Å². The number of aromatic nitrogens is 1. The fraction of sp³-hybridized carbons (Fsp3) is 0.182. The van der Waals surface area contributed by atoms with E-state index in [2.05, 4.69) is 15.6 Å². The largest absolute Gasteiger partial charge is 0.385 e. The Morgan fingerprint density at radius 3 is 2.59 bits per heavy atom. The Balaban J connectivity index is 1.61. The maximum absolute atomic E-state index is 13.7. The van der Waals surface area contributed by atoms with Crippen LogP contribution in [0.25, 0.3) is 0 Å². The number of nitrogens with one attached hydrogen (secondary N) is 2. The number of halogens is 1. The summed E-state index contributed by atoms with van der Waals surface area (Å²) in [5.74, 6) is -0.474. The molecular formula is C22H22FN3O. The van der Waals surface area contributed by atoms with Crippen molar-refractivity contribution in [2.24, 2.45) is 0 Å². The molecule has 1 aromatic heterocycles. The number of pyridine rings is 1. The number of hydrogen-bond donors (Lipinski definition) is 2. The van der Waals surface area contributed by atoms with Gasteiger partial charge in [-0.15, -0.1) is 0 Å². The highest BCUT2D eigenvalue weighted by Gasteiger charge is 2.09. The van der Waals surface area contributed by atoms with Gasteiger partial charge in [0.25, 0.3) is 5.91 Å². The van der Waals surface area contributed by atoms with Crippen molar-refractivity contribution in [3.8, 4) is 0 Å². The summed E-state index contributed by atoms with van der Waals surface area (Å²) in [6, 6.07) is 16.0. The van der Waals surface area contributed by atoms with Gasteiger partial charge in [-0.3, -0.25) is 9.78 Å². The molecule has 2 aromatic carbocycles. The molecule has 0 atom stereocenters. The summed E-state index contributed by atoms with van der Waals surface area (Å²) in [6.07, 6.45) is 2.14. The van der Waals surface area contributed by atoms with E-state index in [-0.39, 0.29) is 11.7 Å². The lowest BCUT2D eigenvalue weighted by atomic mass is 10.1. The van der Waals surface area contributed by atoms with Crippen LogP contribution in [0.2, 0.25) is 0 Å². The van der Waals surface area contributed by atoms with Crippen molar-refractivity contribution in [1.82, 2.24) is 4.98 Å². The molecule has 0 aliphatic carbocycles. The van der Waals surface area contributed by atoms with Gasteiger partial charge >= 0.3 is 0 Å². The van der Waals surface area contributed by atoms with Gasteiger partial charge in [-0.1, -0.05) is 24.3 Å². The van der Waals surface area contributed by atoms with Crippen molar-refractivity contribution in [2.45, 2.75) is 20.3 Å². The molecule has 1 heterocycles. The average molecular weight is 363 g/mol. The zero-order valence-corrected chi connectivity index (χ0v) is 15.4. The quantitative estimate of drug-likeness (QED) is 0.665. The lowest BCUT2D eigenvalue weighted by Crippen LogP contribution is -2.14. The molecule has 0 aliphatic rings. The van der Waals surface area contributed by atoms with Gasteiger partial charge in [0.1, 0.15) is 11.5 Å². The van der Waals surface area contributed by atoms with Crippen LogP contribution in [0.4, 0.5) is 15.8 Å². The van der Waals surface area contributed by atoms with E-state index in [9.17, 15) is 9.18 Å². The second kappa shape index (κ2) is 8.45. The lowest BCUT2D eigenvalue weighted by molar-refractivity contribution is 0.102. The molecule has 5 heteroatoms. The van der Waals surface area contributed by atoms with E-state index < -0.39 is 0 Å². The molecule has 2 N–H and O–H groups in total. The molecular weight excluding hydrogens is 341 g/mol. The smallest absolute Gasteiger partial charge is 0.274 e. The van der Waals surface area contributed by atoms with Crippen molar-refractivity contribution >= 4 is 17.3 Å². The summed E-state index contributed by atoms with van der Waals surface area (Å²) in [5, 5.41) is 6.07. The van der Waals surface area contributed by atoms with E-state index in [1.807, 2.05) is 38.1 Å². The van der Waals surface area contributed by atoms with E-state index in [0.717, 1.165) is 16.9 Å². The molecule has 0 fully saturated rings. The summed E-state index contributed by atoms with van der Waals surface area (Å²) in [4.78, 5) is 16.6. The van der Waals surface area contributed by atoms with Crippen LogP contribution in [-0.4, -0.2) is 17.4 Å². The third-order valence-electron chi connectivity index (χ3n) is 4.44. The predicted octanol–water partition coefficient (Wildman–Crippen LogP) is 4.74. The summed E-state index contributed by atoms with van der Waals surface area (Å²) in [5.41, 5.74) is 4.78. The first-order valence-corrected chi connectivity index (χ1v) is 8.85. The van der Waals surface area contributed by atoms with Gasteiger partial charge < -0.3 is 10.6 Å². The molecule has 3 aromatic rings. The molecule has 0 radical (unpaired) electrons. The van der Waals surface area contributed by atoms with Gasteiger partial charge in [-0.2, -0.15) is 0 Å². The Morgan fingerprint density at radius 1 is 1.00 bits per heavy atom. The second-order valence-corrected chi connectivity index (χ2v) is 6.45. The van der Waals surface area contributed by atoms with Crippen molar-refractivity contribution in [1.29, 1.82) is 0 Å². The van der Waals surface area contributed by atoms with Crippen molar-refractivity contribution in [3.63, 3.8) is 0 Å². The number of benzene rings is 2. The summed E-state index contributed by atoms with van der Waals surface area (Å²) in [7, 11) is 0. The fourth-order valence-corrected chi connectivity index (χ4v) is 2.72. The molecule has 0 bridgehead atoms. The number of anilines is 2. The number of nitrogens with zero attached hydrogens (tertiary/aromatic N) is 1. The lowest BCUT2D eigenvalue weighted by Gasteiger charge is -2.10.